The van der Waals surface area contributed by atoms with Gasteiger partial charge in [0.05, 0.1) is 12.7 Å². The second-order valence-corrected chi connectivity index (χ2v) is 3.67. The van der Waals surface area contributed by atoms with Crippen molar-refractivity contribution in [3.63, 3.8) is 0 Å². The highest BCUT2D eigenvalue weighted by Gasteiger charge is 2.33. The quantitative estimate of drug-likeness (QED) is 0.795. The van der Waals surface area contributed by atoms with E-state index in [4.69, 9.17) is 0 Å². The van der Waals surface area contributed by atoms with Crippen LogP contribution in [-0.2, 0) is 12.7 Å². The molecule has 0 unspecified atom stereocenters. The summed E-state index contributed by atoms with van der Waals surface area (Å²) in [7, 11) is 0. The standard InChI is InChI=1S/C7H5F3N4S/c8-7(9,10)5-4-15-6(12-5)3-14-2-1-11-13-14/h1-2,4H,3H2. The Labute approximate surface area is 86.4 Å². The van der Waals surface area contributed by atoms with E-state index in [1.54, 1.807) is 6.20 Å². The van der Waals surface area contributed by atoms with E-state index in [1.807, 2.05) is 0 Å². The first kappa shape index (κ1) is 10.1. The predicted octanol–water partition coefficient (Wildman–Crippen LogP) is 1.80. The molecule has 8 heteroatoms. The molecule has 0 saturated heterocycles. The third-order valence-corrected chi connectivity index (χ3v) is 2.44. The molecule has 0 atom stereocenters. The Morgan fingerprint density at radius 2 is 2.20 bits per heavy atom. The third-order valence-electron chi connectivity index (χ3n) is 1.61. The molecule has 0 amide bonds. The van der Waals surface area contributed by atoms with Crippen LogP contribution in [0.15, 0.2) is 17.8 Å². The van der Waals surface area contributed by atoms with Crippen LogP contribution in [0.5, 0.6) is 0 Å². The molecule has 2 aromatic rings. The topological polar surface area (TPSA) is 43.6 Å². The van der Waals surface area contributed by atoms with Gasteiger partial charge in [-0.05, 0) is 0 Å². The van der Waals surface area contributed by atoms with Crippen LogP contribution in [0.25, 0.3) is 0 Å². The molecule has 80 valence electrons. The number of thiazole rings is 1. The van der Waals surface area contributed by atoms with E-state index in [9.17, 15) is 13.2 Å². The van der Waals surface area contributed by atoms with Crippen molar-refractivity contribution in [2.45, 2.75) is 12.7 Å². The van der Waals surface area contributed by atoms with Gasteiger partial charge in [-0.25, -0.2) is 9.67 Å². The van der Waals surface area contributed by atoms with Crippen LogP contribution >= 0.6 is 11.3 Å². The smallest absolute Gasteiger partial charge is 0.246 e. The lowest BCUT2D eigenvalue weighted by Crippen LogP contribution is -2.06. The summed E-state index contributed by atoms with van der Waals surface area (Å²) in [4.78, 5) is 3.46. The van der Waals surface area contributed by atoms with Gasteiger partial charge in [-0.15, -0.1) is 16.4 Å². The minimum absolute atomic E-state index is 0.209. The monoisotopic (exact) mass is 234 g/mol. The molecule has 0 saturated carbocycles. The fourth-order valence-electron chi connectivity index (χ4n) is 0.969. The van der Waals surface area contributed by atoms with Crippen LogP contribution in [0.4, 0.5) is 13.2 Å². The van der Waals surface area contributed by atoms with E-state index >= 15 is 0 Å². The summed E-state index contributed by atoms with van der Waals surface area (Å²) in [6, 6.07) is 0. The number of alkyl halides is 3. The maximum absolute atomic E-state index is 12.2. The van der Waals surface area contributed by atoms with Crippen LogP contribution in [0.1, 0.15) is 10.7 Å². The molecule has 0 fully saturated rings. The first-order valence-electron chi connectivity index (χ1n) is 3.91. The highest BCUT2D eigenvalue weighted by atomic mass is 32.1. The highest BCUT2D eigenvalue weighted by molar-refractivity contribution is 7.09. The van der Waals surface area contributed by atoms with Gasteiger partial charge in [0.15, 0.2) is 5.69 Å². The van der Waals surface area contributed by atoms with Gasteiger partial charge in [0, 0.05) is 11.6 Å². The lowest BCUT2D eigenvalue weighted by molar-refractivity contribution is -0.140. The first-order chi connectivity index (χ1) is 7.05. The second kappa shape index (κ2) is 3.61. The van der Waals surface area contributed by atoms with E-state index in [0.717, 1.165) is 16.7 Å². The summed E-state index contributed by atoms with van der Waals surface area (Å²) in [5.74, 6) is 0. The SMILES string of the molecule is FC(F)(F)c1csc(Cn2ccnn2)n1. The van der Waals surface area contributed by atoms with Crippen molar-refractivity contribution in [3.8, 4) is 0 Å². The molecule has 0 bridgehead atoms. The summed E-state index contributed by atoms with van der Waals surface area (Å²) >= 11 is 0.955. The number of aromatic nitrogens is 4. The van der Waals surface area contributed by atoms with Crippen molar-refractivity contribution < 1.29 is 13.2 Å². The molecule has 2 rings (SSSR count). The molecular weight excluding hydrogens is 229 g/mol. The van der Waals surface area contributed by atoms with Gasteiger partial charge in [-0.1, -0.05) is 5.21 Å². The zero-order valence-corrected chi connectivity index (χ0v) is 8.09. The zero-order valence-electron chi connectivity index (χ0n) is 7.27. The molecule has 0 aliphatic rings. The summed E-state index contributed by atoms with van der Waals surface area (Å²) < 4.78 is 38.0. The molecule has 4 nitrogen and oxygen atoms in total. The Hall–Kier alpha value is -1.44. The van der Waals surface area contributed by atoms with Gasteiger partial charge in [-0.2, -0.15) is 13.2 Å². The van der Waals surface area contributed by atoms with Crippen LogP contribution in [-0.4, -0.2) is 20.0 Å². The second-order valence-electron chi connectivity index (χ2n) is 2.72. The molecule has 2 heterocycles. The first-order valence-corrected chi connectivity index (χ1v) is 4.79. The summed E-state index contributed by atoms with van der Waals surface area (Å²) in [6.45, 7) is 0.209. The molecule has 0 spiro atoms. The van der Waals surface area contributed by atoms with Gasteiger partial charge in [0.1, 0.15) is 5.01 Å². The highest BCUT2D eigenvalue weighted by Crippen LogP contribution is 2.30. The molecule has 15 heavy (non-hydrogen) atoms. The Morgan fingerprint density at radius 1 is 1.40 bits per heavy atom. The lowest BCUT2D eigenvalue weighted by atomic mass is 10.5. The zero-order chi connectivity index (χ0) is 10.9. The van der Waals surface area contributed by atoms with Crippen molar-refractivity contribution in [3.05, 3.63) is 28.5 Å². The van der Waals surface area contributed by atoms with E-state index in [1.165, 1.54) is 10.9 Å². The fourth-order valence-corrected chi connectivity index (χ4v) is 1.76. The van der Waals surface area contributed by atoms with Gasteiger partial charge in [-0.3, -0.25) is 0 Å². The average molecular weight is 234 g/mol. The predicted molar refractivity (Wildman–Crippen MR) is 46.2 cm³/mol. The molecule has 0 aliphatic carbocycles. The normalized spacial score (nSPS) is 11.9. The van der Waals surface area contributed by atoms with Crippen molar-refractivity contribution in [2.24, 2.45) is 0 Å². The maximum atomic E-state index is 12.2. The van der Waals surface area contributed by atoms with Gasteiger partial charge >= 0.3 is 6.18 Å². The Morgan fingerprint density at radius 3 is 2.73 bits per heavy atom. The molecule has 0 N–H and O–H groups in total. The van der Waals surface area contributed by atoms with Crippen LogP contribution in [0.3, 0.4) is 0 Å². The van der Waals surface area contributed by atoms with Crippen molar-refractivity contribution >= 4 is 11.3 Å². The average Bonchev–Trinajstić information content (AvgIpc) is 2.73. The Balaban J connectivity index is 2.15. The number of nitrogens with zero attached hydrogens (tertiary/aromatic N) is 4. The summed E-state index contributed by atoms with van der Waals surface area (Å²) in [6.07, 6.45) is -1.36. The Bertz CT molecular complexity index is 433. The molecule has 0 aromatic carbocycles. The lowest BCUT2D eigenvalue weighted by Gasteiger charge is -2.00. The molecule has 0 aliphatic heterocycles. The number of hydrogen-bond donors (Lipinski definition) is 0. The van der Waals surface area contributed by atoms with E-state index in [-0.39, 0.29) is 6.54 Å². The minimum Gasteiger partial charge on any atom is -0.246 e. The van der Waals surface area contributed by atoms with Crippen molar-refractivity contribution in [2.75, 3.05) is 0 Å². The fraction of sp³-hybridized carbons (Fsp3) is 0.286. The van der Waals surface area contributed by atoms with Gasteiger partial charge < -0.3 is 0 Å². The Kier molecular flexibility index (Phi) is 2.43. The molecule has 2 aromatic heterocycles. The van der Waals surface area contributed by atoms with Crippen molar-refractivity contribution in [1.29, 1.82) is 0 Å². The third kappa shape index (κ3) is 2.32. The summed E-state index contributed by atoms with van der Waals surface area (Å²) in [5.41, 5.74) is -0.859. The number of rotatable bonds is 2. The van der Waals surface area contributed by atoms with Crippen LogP contribution in [0, 0.1) is 0 Å². The maximum Gasteiger partial charge on any atom is 0.434 e. The van der Waals surface area contributed by atoms with Gasteiger partial charge in [0.2, 0.25) is 0 Å². The number of halogens is 3. The molecule has 0 radical (unpaired) electrons. The van der Waals surface area contributed by atoms with Crippen LogP contribution < -0.4 is 0 Å². The number of hydrogen-bond acceptors (Lipinski definition) is 4. The van der Waals surface area contributed by atoms with E-state index in [2.05, 4.69) is 15.3 Å². The van der Waals surface area contributed by atoms with E-state index < -0.39 is 11.9 Å². The largest absolute Gasteiger partial charge is 0.434 e. The van der Waals surface area contributed by atoms with Crippen molar-refractivity contribution in [1.82, 2.24) is 20.0 Å². The molecular formula is C7H5F3N4S. The van der Waals surface area contributed by atoms with E-state index in [0.29, 0.717) is 5.01 Å². The summed E-state index contributed by atoms with van der Waals surface area (Å²) in [5, 5.41) is 8.52. The van der Waals surface area contributed by atoms with Gasteiger partial charge in [0.25, 0.3) is 0 Å². The minimum atomic E-state index is -4.38. The van der Waals surface area contributed by atoms with Crippen LogP contribution in [0.2, 0.25) is 0 Å².